The van der Waals surface area contributed by atoms with E-state index in [0.29, 0.717) is 11.3 Å². The lowest BCUT2D eigenvalue weighted by molar-refractivity contribution is -0.119. The van der Waals surface area contributed by atoms with Gasteiger partial charge in [0.2, 0.25) is 11.7 Å². The zero-order valence-corrected chi connectivity index (χ0v) is 19.5. The number of pyridine rings is 1. The van der Waals surface area contributed by atoms with Crippen LogP contribution in [0.1, 0.15) is 29.0 Å². The van der Waals surface area contributed by atoms with Gasteiger partial charge in [0.25, 0.3) is 5.91 Å². The Morgan fingerprint density at radius 3 is 2.82 bits per heavy atom. The molecule has 0 aliphatic carbocycles. The molecule has 34 heavy (non-hydrogen) atoms. The summed E-state index contributed by atoms with van der Waals surface area (Å²) < 4.78 is 15.3. The molecule has 2 amide bonds. The molecular formula is C23H24FN7O2S. The molecule has 5 rings (SSSR count). The Bertz CT molecular complexity index is 1230. The van der Waals surface area contributed by atoms with Crippen LogP contribution < -0.4 is 15.1 Å². The van der Waals surface area contributed by atoms with Crippen LogP contribution in [0.15, 0.2) is 47.8 Å². The fraction of sp³-hybridized carbons (Fsp3) is 0.348. The topological polar surface area (TPSA) is 96.2 Å². The molecular weight excluding hydrogens is 457 g/mol. The van der Waals surface area contributed by atoms with Gasteiger partial charge < -0.3 is 15.1 Å². The third kappa shape index (κ3) is 4.47. The molecule has 0 unspecified atom stereocenters. The van der Waals surface area contributed by atoms with E-state index in [1.165, 1.54) is 33.7 Å². The molecule has 0 radical (unpaired) electrons. The monoisotopic (exact) mass is 481 g/mol. The molecule has 0 bridgehead atoms. The summed E-state index contributed by atoms with van der Waals surface area (Å²) in [6.07, 6.45) is 5.41. The van der Waals surface area contributed by atoms with Gasteiger partial charge in [0, 0.05) is 36.3 Å². The summed E-state index contributed by atoms with van der Waals surface area (Å²) in [5.74, 6) is 0.0762. The number of thioether (sulfide) groups is 1. The highest BCUT2D eigenvalue weighted by atomic mass is 32.2. The first-order chi connectivity index (χ1) is 16.5. The lowest BCUT2D eigenvalue weighted by Crippen LogP contribution is -2.48. The number of hydrogen-bond donors (Lipinski definition) is 1. The third-order valence-electron chi connectivity index (χ3n) is 5.99. The molecule has 1 aromatic carbocycles. The number of hydrogen-bond acceptors (Lipinski definition) is 7. The highest BCUT2D eigenvalue weighted by molar-refractivity contribution is 7.99. The Morgan fingerprint density at radius 1 is 1.24 bits per heavy atom. The minimum Gasteiger partial charge on any atom is -0.357 e. The highest BCUT2D eigenvalue weighted by Crippen LogP contribution is 2.36. The molecule has 1 N–H and O–H groups in total. The van der Waals surface area contributed by atoms with Crippen LogP contribution in [0.3, 0.4) is 0 Å². The smallest absolute Gasteiger partial charge is 0.291 e. The number of fused-ring (bicyclic) bond motifs is 1. The maximum atomic E-state index is 13.9. The van der Waals surface area contributed by atoms with Crippen molar-refractivity contribution in [2.45, 2.75) is 30.3 Å². The third-order valence-corrected chi connectivity index (χ3v) is 7.13. The number of carbonyl (C=O) groups excluding carboxylic acids is 2. The molecule has 0 saturated carbocycles. The number of rotatable bonds is 5. The second kappa shape index (κ2) is 9.41. The zero-order valence-electron chi connectivity index (χ0n) is 18.6. The van der Waals surface area contributed by atoms with E-state index in [1.54, 1.807) is 31.4 Å². The number of halogens is 1. The van der Waals surface area contributed by atoms with Crippen molar-refractivity contribution in [1.82, 2.24) is 25.1 Å². The van der Waals surface area contributed by atoms with Gasteiger partial charge in [-0.15, -0.1) is 16.9 Å². The van der Waals surface area contributed by atoms with Crippen molar-refractivity contribution in [2.24, 2.45) is 0 Å². The Labute approximate surface area is 200 Å². The normalized spacial score (nSPS) is 18.1. The van der Waals surface area contributed by atoms with Gasteiger partial charge in [0.15, 0.2) is 0 Å². The minimum atomic E-state index is -0.747. The predicted molar refractivity (Wildman–Crippen MR) is 127 cm³/mol. The van der Waals surface area contributed by atoms with Crippen LogP contribution in [0.25, 0.3) is 0 Å². The predicted octanol–water partition coefficient (Wildman–Crippen LogP) is 2.33. The Kier molecular flexibility index (Phi) is 6.18. The van der Waals surface area contributed by atoms with E-state index in [2.05, 4.69) is 25.3 Å². The van der Waals surface area contributed by atoms with Gasteiger partial charge in [0.1, 0.15) is 24.0 Å². The number of nitrogens with one attached hydrogen (secondary N) is 1. The van der Waals surface area contributed by atoms with E-state index >= 15 is 0 Å². The van der Waals surface area contributed by atoms with E-state index < -0.39 is 11.9 Å². The van der Waals surface area contributed by atoms with Crippen LogP contribution in [0, 0.1) is 5.82 Å². The summed E-state index contributed by atoms with van der Waals surface area (Å²) in [6, 6.07) is 7.63. The number of anilines is 2. The first kappa shape index (κ1) is 22.3. The molecule has 1 fully saturated rings. The van der Waals surface area contributed by atoms with Crippen molar-refractivity contribution < 1.29 is 14.0 Å². The first-order valence-corrected chi connectivity index (χ1v) is 12.1. The maximum Gasteiger partial charge on any atom is 0.291 e. The second-order valence-electron chi connectivity index (χ2n) is 8.30. The highest BCUT2D eigenvalue weighted by Gasteiger charge is 2.31. The standard InChI is InChI=1S/C23H24FN7O2S/c1-29-18-11-25-20(30-8-4-5-9-30)10-19(18)34-13-17(23(29)33)27-22(32)21-26-14-31(28-21)12-15-6-2-3-7-16(15)24/h2-3,6-7,10-11,14,17H,4-5,8-9,12-13H2,1H3,(H,27,32)/t17-/m0/s1. The van der Waals surface area contributed by atoms with Gasteiger partial charge in [-0.25, -0.2) is 19.0 Å². The number of carbonyl (C=O) groups is 2. The van der Waals surface area contributed by atoms with Crippen molar-refractivity contribution in [1.29, 1.82) is 0 Å². The summed E-state index contributed by atoms with van der Waals surface area (Å²) in [6.45, 7) is 2.12. The van der Waals surface area contributed by atoms with E-state index in [0.717, 1.165) is 42.3 Å². The van der Waals surface area contributed by atoms with Crippen molar-refractivity contribution >= 4 is 35.1 Å². The number of benzene rings is 1. The molecule has 2 aromatic heterocycles. The molecule has 4 heterocycles. The minimum absolute atomic E-state index is 0.0726. The summed E-state index contributed by atoms with van der Waals surface area (Å²) in [4.78, 5) is 39.2. The molecule has 2 aliphatic heterocycles. The second-order valence-corrected chi connectivity index (χ2v) is 9.36. The number of amides is 2. The fourth-order valence-electron chi connectivity index (χ4n) is 4.11. The Hall–Kier alpha value is -3.47. The van der Waals surface area contributed by atoms with Crippen LogP contribution in [-0.2, 0) is 11.3 Å². The number of likely N-dealkylation sites (N-methyl/N-ethyl adjacent to an activating group) is 1. The maximum absolute atomic E-state index is 13.9. The van der Waals surface area contributed by atoms with Crippen LogP contribution in [0.5, 0.6) is 0 Å². The van der Waals surface area contributed by atoms with E-state index in [4.69, 9.17) is 0 Å². The number of nitrogens with zero attached hydrogens (tertiary/aromatic N) is 6. The fourth-order valence-corrected chi connectivity index (χ4v) is 5.20. The average Bonchev–Trinajstić information content (AvgIpc) is 3.53. The van der Waals surface area contributed by atoms with Gasteiger partial charge in [-0.1, -0.05) is 18.2 Å². The largest absolute Gasteiger partial charge is 0.357 e. The van der Waals surface area contributed by atoms with Gasteiger partial charge in [-0.2, -0.15) is 0 Å². The zero-order chi connectivity index (χ0) is 23.7. The lowest BCUT2D eigenvalue weighted by Gasteiger charge is -2.22. The first-order valence-electron chi connectivity index (χ1n) is 11.1. The molecule has 176 valence electrons. The summed E-state index contributed by atoms with van der Waals surface area (Å²) in [7, 11) is 1.69. The van der Waals surface area contributed by atoms with E-state index in [-0.39, 0.29) is 24.1 Å². The van der Waals surface area contributed by atoms with Gasteiger partial charge in [0.05, 0.1) is 18.4 Å². The molecule has 0 spiro atoms. The van der Waals surface area contributed by atoms with Crippen LogP contribution in [0.2, 0.25) is 0 Å². The average molecular weight is 482 g/mol. The Morgan fingerprint density at radius 2 is 2.03 bits per heavy atom. The van der Waals surface area contributed by atoms with Gasteiger partial charge in [-0.3, -0.25) is 9.59 Å². The molecule has 1 saturated heterocycles. The van der Waals surface area contributed by atoms with Gasteiger partial charge in [-0.05, 0) is 25.0 Å². The SMILES string of the molecule is CN1C(=O)[C@@H](NC(=O)c2ncn(Cc3ccccc3F)n2)CSc2cc(N3CCCC3)ncc21. The molecule has 11 heteroatoms. The van der Waals surface area contributed by atoms with Crippen molar-refractivity contribution in [2.75, 3.05) is 35.7 Å². The van der Waals surface area contributed by atoms with Crippen LogP contribution in [0.4, 0.5) is 15.9 Å². The summed E-state index contributed by atoms with van der Waals surface area (Å²) in [5.41, 5.74) is 1.16. The van der Waals surface area contributed by atoms with Crippen LogP contribution >= 0.6 is 11.8 Å². The van der Waals surface area contributed by atoms with Crippen LogP contribution in [-0.4, -0.2) is 63.5 Å². The van der Waals surface area contributed by atoms with Crippen molar-refractivity contribution in [3.63, 3.8) is 0 Å². The molecule has 1 atom stereocenters. The Balaban J connectivity index is 1.27. The molecule has 3 aromatic rings. The van der Waals surface area contributed by atoms with Gasteiger partial charge >= 0.3 is 0 Å². The molecule has 9 nitrogen and oxygen atoms in total. The van der Waals surface area contributed by atoms with E-state index in [1.807, 2.05) is 6.07 Å². The van der Waals surface area contributed by atoms with Crippen molar-refractivity contribution in [3.05, 3.63) is 60.1 Å². The number of aromatic nitrogens is 4. The van der Waals surface area contributed by atoms with E-state index in [9.17, 15) is 14.0 Å². The lowest BCUT2D eigenvalue weighted by atomic mass is 10.2. The van der Waals surface area contributed by atoms with Crippen molar-refractivity contribution in [3.8, 4) is 0 Å². The molecule has 2 aliphatic rings. The summed E-state index contributed by atoms with van der Waals surface area (Å²) in [5, 5.41) is 6.91. The quantitative estimate of drug-likeness (QED) is 0.598. The summed E-state index contributed by atoms with van der Waals surface area (Å²) >= 11 is 1.51.